The van der Waals surface area contributed by atoms with Crippen LogP contribution in [0.3, 0.4) is 0 Å². The van der Waals surface area contributed by atoms with Crippen LogP contribution in [0.4, 0.5) is 4.39 Å². The summed E-state index contributed by atoms with van der Waals surface area (Å²) >= 11 is 11.7. The van der Waals surface area contributed by atoms with Gasteiger partial charge in [0.05, 0.1) is 15.6 Å². The van der Waals surface area contributed by atoms with E-state index >= 15 is 0 Å². The highest BCUT2D eigenvalue weighted by Gasteiger charge is 2.13. The highest BCUT2D eigenvalue weighted by molar-refractivity contribution is 6.42. The van der Waals surface area contributed by atoms with Gasteiger partial charge in [-0.3, -0.25) is 4.79 Å². The van der Waals surface area contributed by atoms with E-state index in [2.05, 4.69) is 0 Å². The second-order valence-electron chi connectivity index (χ2n) is 4.33. The van der Waals surface area contributed by atoms with Gasteiger partial charge in [0, 0.05) is 6.42 Å². The number of rotatable bonds is 3. The predicted molar refractivity (Wildman–Crippen MR) is 75.6 cm³/mol. The lowest BCUT2D eigenvalue weighted by Gasteiger charge is -2.05. The molecule has 98 valence electrons. The molecule has 0 saturated heterocycles. The van der Waals surface area contributed by atoms with E-state index < -0.39 is 5.82 Å². The van der Waals surface area contributed by atoms with E-state index in [1.165, 1.54) is 6.07 Å². The fourth-order valence-electron chi connectivity index (χ4n) is 1.78. The smallest absolute Gasteiger partial charge is 0.170 e. The second-order valence-corrected chi connectivity index (χ2v) is 5.15. The van der Waals surface area contributed by atoms with Crippen molar-refractivity contribution in [3.05, 3.63) is 69.0 Å². The molecule has 0 fully saturated rings. The zero-order valence-electron chi connectivity index (χ0n) is 10.2. The average Bonchev–Trinajstić information content (AvgIpc) is 2.36. The molecule has 0 spiro atoms. The highest BCUT2D eigenvalue weighted by Crippen LogP contribution is 2.23. The molecule has 0 aromatic heterocycles. The summed E-state index contributed by atoms with van der Waals surface area (Å²) in [5.41, 5.74) is 1.66. The minimum absolute atomic E-state index is 0.0945. The van der Waals surface area contributed by atoms with Gasteiger partial charge in [0.25, 0.3) is 0 Å². The van der Waals surface area contributed by atoms with E-state index in [0.717, 1.165) is 5.56 Å². The van der Waals surface area contributed by atoms with E-state index in [4.69, 9.17) is 23.2 Å². The van der Waals surface area contributed by atoms with E-state index in [1.807, 2.05) is 6.92 Å². The van der Waals surface area contributed by atoms with E-state index in [9.17, 15) is 9.18 Å². The number of Topliss-reactive ketones (excluding diaryl/α,β-unsaturated/α-hetero) is 1. The monoisotopic (exact) mass is 296 g/mol. The molecule has 0 radical (unpaired) electrons. The molecule has 0 saturated carbocycles. The first-order valence-corrected chi connectivity index (χ1v) is 6.46. The Morgan fingerprint density at radius 1 is 1.11 bits per heavy atom. The number of hydrogen-bond acceptors (Lipinski definition) is 1. The van der Waals surface area contributed by atoms with Crippen LogP contribution in [0.25, 0.3) is 0 Å². The molecule has 1 nitrogen and oxygen atoms in total. The lowest BCUT2D eigenvalue weighted by molar-refractivity contribution is 0.0989. The van der Waals surface area contributed by atoms with Crippen molar-refractivity contribution in [2.45, 2.75) is 13.3 Å². The van der Waals surface area contributed by atoms with Crippen LogP contribution in [0, 0.1) is 12.7 Å². The summed E-state index contributed by atoms with van der Waals surface area (Å²) in [7, 11) is 0. The van der Waals surface area contributed by atoms with Crippen molar-refractivity contribution < 1.29 is 9.18 Å². The summed E-state index contributed by atoms with van der Waals surface area (Å²) in [5, 5.41) is 0.816. The number of halogens is 3. The Morgan fingerprint density at radius 3 is 2.53 bits per heavy atom. The van der Waals surface area contributed by atoms with Gasteiger partial charge in [-0.05, 0) is 36.8 Å². The van der Waals surface area contributed by atoms with Crippen molar-refractivity contribution in [1.82, 2.24) is 0 Å². The van der Waals surface area contributed by atoms with Crippen molar-refractivity contribution in [2.24, 2.45) is 0 Å². The summed E-state index contributed by atoms with van der Waals surface area (Å²) in [6, 6.07) is 9.44. The molecule has 2 aromatic carbocycles. The number of carbonyl (C=O) groups is 1. The van der Waals surface area contributed by atoms with Crippen LogP contribution in [0.1, 0.15) is 21.5 Å². The van der Waals surface area contributed by atoms with Gasteiger partial charge in [-0.1, -0.05) is 40.9 Å². The van der Waals surface area contributed by atoms with Crippen LogP contribution in [0.15, 0.2) is 36.4 Å². The zero-order valence-corrected chi connectivity index (χ0v) is 11.7. The van der Waals surface area contributed by atoms with Crippen molar-refractivity contribution in [3.8, 4) is 0 Å². The molecule has 0 amide bonds. The summed E-state index contributed by atoms with van der Waals surface area (Å²) in [4.78, 5) is 12.1. The summed E-state index contributed by atoms with van der Waals surface area (Å²) in [6.07, 6.45) is 0.0945. The molecule has 2 aromatic rings. The highest BCUT2D eigenvalue weighted by atomic mass is 35.5. The first-order valence-electron chi connectivity index (χ1n) is 5.70. The number of aryl methyl sites for hydroxylation is 1. The summed E-state index contributed by atoms with van der Waals surface area (Å²) in [6.45, 7) is 1.81. The van der Waals surface area contributed by atoms with Crippen LogP contribution in [-0.4, -0.2) is 5.78 Å². The Morgan fingerprint density at radius 2 is 1.84 bits per heavy atom. The average molecular weight is 297 g/mol. The van der Waals surface area contributed by atoms with E-state index in [1.54, 1.807) is 30.3 Å². The minimum Gasteiger partial charge on any atom is -0.294 e. The van der Waals surface area contributed by atoms with Crippen LogP contribution in [-0.2, 0) is 6.42 Å². The molecule has 0 N–H and O–H groups in total. The molecule has 0 atom stereocenters. The Bertz CT molecular complexity index is 638. The molecule has 0 aliphatic heterocycles. The minimum atomic E-state index is -0.504. The maximum Gasteiger partial charge on any atom is 0.170 e. The number of benzene rings is 2. The third-order valence-corrected chi connectivity index (χ3v) is 3.51. The molecule has 0 aliphatic rings. The molecular formula is C15H11Cl2FO. The number of carbonyl (C=O) groups excluding carboxylic acids is 1. The quantitative estimate of drug-likeness (QED) is 0.739. The van der Waals surface area contributed by atoms with E-state index in [0.29, 0.717) is 15.6 Å². The summed E-state index contributed by atoms with van der Waals surface area (Å²) in [5.74, 6) is -0.782. The molecule has 4 heteroatoms. The molecular weight excluding hydrogens is 286 g/mol. The Balaban J connectivity index is 2.25. The van der Waals surface area contributed by atoms with Crippen LogP contribution in [0.5, 0.6) is 0 Å². The van der Waals surface area contributed by atoms with Crippen molar-refractivity contribution in [2.75, 3.05) is 0 Å². The Hall–Kier alpha value is -1.38. The van der Waals surface area contributed by atoms with Crippen molar-refractivity contribution >= 4 is 29.0 Å². The lowest BCUT2D eigenvalue weighted by Crippen LogP contribution is -2.06. The zero-order chi connectivity index (χ0) is 14.0. The van der Waals surface area contributed by atoms with Gasteiger partial charge in [0.1, 0.15) is 5.82 Å². The topological polar surface area (TPSA) is 17.1 Å². The third-order valence-electron chi connectivity index (χ3n) is 2.77. The Kier molecular flexibility index (Phi) is 4.23. The van der Waals surface area contributed by atoms with E-state index in [-0.39, 0.29) is 17.8 Å². The van der Waals surface area contributed by atoms with Gasteiger partial charge in [-0.2, -0.15) is 0 Å². The van der Waals surface area contributed by atoms with Gasteiger partial charge in [0.2, 0.25) is 0 Å². The fraction of sp³-hybridized carbons (Fsp3) is 0.133. The second kappa shape index (κ2) is 5.72. The predicted octanol–water partition coefficient (Wildman–Crippen LogP) is 4.87. The molecule has 0 heterocycles. The fourth-order valence-corrected chi connectivity index (χ4v) is 2.10. The first kappa shape index (κ1) is 14.0. The Labute approximate surface area is 121 Å². The lowest BCUT2D eigenvalue weighted by atomic mass is 10.0. The van der Waals surface area contributed by atoms with Crippen molar-refractivity contribution in [1.29, 1.82) is 0 Å². The molecule has 2 rings (SSSR count). The number of hydrogen-bond donors (Lipinski definition) is 0. The normalized spacial score (nSPS) is 10.5. The molecule has 19 heavy (non-hydrogen) atoms. The van der Waals surface area contributed by atoms with Gasteiger partial charge in [-0.25, -0.2) is 4.39 Å². The maximum absolute atomic E-state index is 13.6. The largest absolute Gasteiger partial charge is 0.294 e. The molecule has 0 unspecified atom stereocenters. The SMILES string of the molecule is Cc1ccc(F)c(C(=O)Cc2ccc(Cl)c(Cl)c2)c1. The van der Waals surface area contributed by atoms with Crippen molar-refractivity contribution in [3.63, 3.8) is 0 Å². The van der Waals surface area contributed by atoms with Crippen LogP contribution >= 0.6 is 23.2 Å². The van der Waals surface area contributed by atoms with Gasteiger partial charge < -0.3 is 0 Å². The molecule has 0 bridgehead atoms. The molecule has 0 aliphatic carbocycles. The standard InChI is InChI=1S/C15H11Cl2FO/c1-9-2-5-14(18)11(6-9)15(19)8-10-3-4-12(16)13(17)7-10/h2-7H,8H2,1H3. The maximum atomic E-state index is 13.6. The number of ketones is 1. The third kappa shape index (κ3) is 3.34. The van der Waals surface area contributed by atoms with Gasteiger partial charge in [-0.15, -0.1) is 0 Å². The first-order chi connectivity index (χ1) is 8.97. The van der Waals surface area contributed by atoms with Crippen LogP contribution in [0.2, 0.25) is 10.0 Å². The van der Waals surface area contributed by atoms with Gasteiger partial charge in [0.15, 0.2) is 5.78 Å². The van der Waals surface area contributed by atoms with Crippen LogP contribution < -0.4 is 0 Å². The summed E-state index contributed by atoms with van der Waals surface area (Å²) < 4.78 is 13.6. The van der Waals surface area contributed by atoms with Gasteiger partial charge >= 0.3 is 0 Å².